The van der Waals surface area contributed by atoms with Crippen molar-refractivity contribution in [2.45, 2.75) is 32.2 Å². The summed E-state index contributed by atoms with van der Waals surface area (Å²) in [4.78, 5) is 13.1. The van der Waals surface area contributed by atoms with Gasteiger partial charge >= 0.3 is 5.97 Å². The molecule has 1 saturated heterocycles. The first-order valence-electron chi connectivity index (χ1n) is 8.31. The minimum atomic E-state index is -0.199. The molecular weight excluding hydrogens is 306 g/mol. The SMILES string of the molecule is CC(=O)OC1=C[C@H]2C(CC1)CCN2C.COc1ccccc1OC. The lowest BCUT2D eigenvalue weighted by molar-refractivity contribution is -0.137. The van der Waals surface area contributed by atoms with Crippen molar-refractivity contribution < 1.29 is 19.0 Å². The molecule has 0 bridgehead atoms. The predicted molar refractivity (Wildman–Crippen MR) is 93.2 cm³/mol. The van der Waals surface area contributed by atoms with Crippen LogP contribution in [0.4, 0.5) is 0 Å². The van der Waals surface area contributed by atoms with Gasteiger partial charge in [-0.1, -0.05) is 12.1 Å². The third-order valence-electron chi connectivity index (χ3n) is 4.53. The molecule has 24 heavy (non-hydrogen) atoms. The first-order chi connectivity index (χ1) is 11.5. The first kappa shape index (κ1) is 18.3. The Labute approximate surface area is 144 Å². The number of carbonyl (C=O) groups excluding carboxylic acids is 1. The van der Waals surface area contributed by atoms with Crippen molar-refractivity contribution in [1.29, 1.82) is 0 Å². The number of nitrogens with zero attached hydrogens (tertiary/aromatic N) is 1. The number of fused-ring (bicyclic) bond motifs is 1. The monoisotopic (exact) mass is 333 g/mol. The van der Waals surface area contributed by atoms with Crippen LogP contribution in [0.1, 0.15) is 26.2 Å². The molecule has 1 unspecified atom stereocenters. The van der Waals surface area contributed by atoms with E-state index >= 15 is 0 Å². The van der Waals surface area contributed by atoms with Crippen LogP contribution in [0.3, 0.4) is 0 Å². The van der Waals surface area contributed by atoms with Gasteiger partial charge in [-0.2, -0.15) is 0 Å². The molecule has 0 N–H and O–H groups in total. The van der Waals surface area contributed by atoms with E-state index < -0.39 is 0 Å². The number of likely N-dealkylation sites (tertiary alicyclic amines) is 1. The molecule has 2 atom stereocenters. The van der Waals surface area contributed by atoms with Gasteiger partial charge in [0.2, 0.25) is 0 Å². The molecule has 0 radical (unpaired) electrons. The molecule has 5 nitrogen and oxygen atoms in total. The number of ether oxygens (including phenoxy) is 3. The smallest absolute Gasteiger partial charge is 0.307 e. The summed E-state index contributed by atoms with van der Waals surface area (Å²) in [6.45, 7) is 2.63. The average molecular weight is 333 g/mol. The summed E-state index contributed by atoms with van der Waals surface area (Å²) in [7, 11) is 5.38. The van der Waals surface area contributed by atoms with Crippen molar-refractivity contribution in [3.63, 3.8) is 0 Å². The molecule has 1 aliphatic heterocycles. The van der Waals surface area contributed by atoms with E-state index in [1.165, 1.54) is 19.9 Å². The molecule has 2 aliphatic rings. The van der Waals surface area contributed by atoms with Crippen LogP contribution in [0.5, 0.6) is 11.5 Å². The maximum absolute atomic E-state index is 10.8. The van der Waals surface area contributed by atoms with E-state index in [0.29, 0.717) is 6.04 Å². The van der Waals surface area contributed by atoms with Crippen molar-refractivity contribution in [3.8, 4) is 11.5 Å². The zero-order valence-corrected chi connectivity index (χ0v) is 15.0. The second-order valence-electron chi connectivity index (χ2n) is 6.14. The predicted octanol–water partition coefficient (Wildman–Crippen LogP) is 3.25. The summed E-state index contributed by atoms with van der Waals surface area (Å²) in [6.07, 6.45) is 5.50. The van der Waals surface area contributed by atoms with Gasteiger partial charge in [0.05, 0.1) is 14.2 Å². The standard InChI is InChI=1S/C11H17NO2.C8H10O2/c1-8(13)14-10-4-3-9-5-6-12(2)11(9)7-10;1-9-7-5-3-4-6-8(7)10-2/h7,9,11H,3-6H2,1-2H3;3-6H,1-2H3/t9?,11-;/m0./s1. The molecule has 1 fully saturated rings. The van der Waals surface area contributed by atoms with Gasteiger partial charge in [0.1, 0.15) is 5.76 Å². The topological polar surface area (TPSA) is 48.0 Å². The highest BCUT2D eigenvalue weighted by atomic mass is 16.5. The molecular formula is C19H27NO4. The highest BCUT2D eigenvalue weighted by Crippen LogP contribution is 2.34. The molecule has 1 aromatic rings. The minimum absolute atomic E-state index is 0.199. The van der Waals surface area contributed by atoms with E-state index in [-0.39, 0.29) is 5.97 Å². The van der Waals surface area contributed by atoms with E-state index in [2.05, 4.69) is 18.0 Å². The van der Waals surface area contributed by atoms with Crippen LogP contribution in [-0.2, 0) is 9.53 Å². The largest absolute Gasteiger partial charge is 0.493 e. The number of hydrogen-bond acceptors (Lipinski definition) is 5. The number of benzene rings is 1. The lowest BCUT2D eigenvalue weighted by Crippen LogP contribution is -2.30. The summed E-state index contributed by atoms with van der Waals surface area (Å²) in [6, 6.07) is 8.03. The Morgan fingerprint density at radius 2 is 1.75 bits per heavy atom. The molecule has 132 valence electrons. The van der Waals surface area contributed by atoms with E-state index in [0.717, 1.165) is 36.0 Å². The molecule has 0 spiro atoms. The maximum Gasteiger partial charge on any atom is 0.307 e. The van der Waals surface area contributed by atoms with Crippen LogP contribution >= 0.6 is 0 Å². The van der Waals surface area contributed by atoms with Crippen LogP contribution in [0.15, 0.2) is 36.1 Å². The Morgan fingerprint density at radius 1 is 1.12 bits per heavy atom. The number of rotatable bonds is 3. The Kier molecular flexibility index (Phi) is 6.67. The van der Waals surface area contributed by atoms with Crippen molar-refractivity contribution >= 4 is 5.97 Å². The fourth-order valence-corrected chi connectivity index (χ4v) is 3.29. The van der Waals surface area contributed by atoms with Crippen molar-refractivity contribution in [3.05, 3.63) is 36.1 Å². The third-order valence-corrected chi connectivity index (χ3v) is 4.53. The number of para-hydroxylation sites is 2. The van der Waals surface area contributed by atoms with Crippen LogP contribution in [0, 0.1) is 5.92 Å². The molecule has 0 saturated carbocycles. The van der Waals surface area contributed by atoms with Crippen LogP contribution < -0.4 is 9.47 Å². The maximum atomic E-state index is 10.8. The number of esters is 1. The fourth-order valence-electron chi connectivity index (χ4n) is 3.29. The minimum Gasteiger partial charge on any atom is -0.493 e. The van der Waals surface area contributed by atoms with Crippen LogP contribution in [-0.4, -0.2) is 44.7 Å². The van der Waals surface area contributed by atoms with Gasteiger partial charge in [0, 0.05) is 19.4 Å². The van der Waals surface area contributed by atoms with Crippen molar-refractivity contribution in [1.82, 2.24) is 4.90 Å². The number of carbonyl (C=O) groups is 1. The lowest BCUT2D eigenvalue weighted by atomic mass is 9.89. The van der Waals surface area contributed by atoms with Crippen LogP contribution in [0.2, 0.25) is 0 Å². The Morgan fingerprint density at radius 3 is 2.29 bits per heavy atom. The summed E-state index contributed by atoms with van der Waals surface area (Å²) in [5, 5.41) is 0. The fraction of sp³-hybridized carbons (Fsp3) is 0.526. The van der Waals surface area contributed by atoms with E-state index in [1.54, 1.807) is 14.2 Å². The van der Waals surface area contributed by atoms with Crippen LogP contribution in [0.25, 0.3) is 0 Å². The lowest BCUT2D eigenvalue weighted by Gasteiger charge is -2.27. The van der Waals surface area contributed by atoms with Gasteiger partial charge < -0.3 is 14.2 Å². The molecule has 1 aromatic carbocycles. The molecule has 1 heterocycles. The van der Waals surface area contributed by atoms with Gasteiger partial charge in [-0.25, -0.2) is 0 Å². The van der Waals surface area contributed by atoms with E-state index in [4.69, 9.17) is 14.2 Å². The third kappa shape index (κ3) is 4.74. The number of allylic oxidation sites excluding steroid dienone is 1. The second kappa shape index (κ2) is 8.73. The molecule has 5 heteroatoms. The summed E-state index contributed by atoms with van der Waals surface area (Å²) in [5.74, 6) is 2.98. The van der Waals surface area contributed by atoms with Crippen molar-refractivity contribution in [2.24, 2.45) is 5.92 Å². The van der Waals surface area contributed by atoms with E-state index in [9.17, 15) is 4.79 Å². The van der Waals surface area contributed by atoms with Gasteiger partial charge in [-0.3, -0.25) is 9.69 Å². The zero-order chi connectivity index (χ0) is 17.5. The molecule has 0 amide bonds. The number of hydrogen-bond donors (Lipinski definition) is 0. The van der Waals surface area contributed by atoms with Gasteiger partial charge in [-0.15, -0.1) is 0 Å². The first-order valence-corrected chi connectivity index (χ1v) is 8.31. The average Bonchev–Trinajstić information content (AvgIpc) is 2.95. The van der Waals surface area contributed by atoms with Gasteiger partial charge in [-0.05, 0) is 50.6 Å². The van der Waals surface area contributed by atoms with Gasteiger partial charge in [0.15, 0.2) is 11.5 Å². The highest BCUT2D eigenvalue weighted by Gasteiger charge is 2.33. The number of methoxy groups -OCH3 is 2. The normalized spacial score (nSPS) is 22.6. The van der Waals surface area contributed by atoms with E-state index in [1.807, 2.05) is 24.3 Å². The summed E-state index contributed by atoms with van der Waals surface area (Å²) >= 11 is 0. The molecule has 3 rings (SSSR count). The zero-order valence-electron chi connectivity index (χ0n) is 15.0. The van der Waals surface area contributed by atoms with Crippen molar-refractivity contribution in [2.75, 3.05) is 27.8 Å². The summed E-state index contributed by atoms with van der Waals surface area (Å²) < 4.78 is 15.2. The summed E-state index contributed by atoms with van der Waals surface area (Å²) in [5.41, 5.74) is 0. The number of likely N-dealkylation sites (N-methyl/N-ethyl adjacent to an activating group) is 1. The quantitative estimate of drug-likeness (QED) is 0.795. The Balaban J connectivity index is 0.000000185. The molecule has 0 aromatic heterocycles. The Bertz CT molecular complexity index is 561. The highest BCUT2D eigenvalue weighted by molar-refractivity contribution is 5.67. The second-order valence-corrected chi connectivity index (χ2v) is 6.14. The van der Waals surface area contributed by atoms with Gasteiger partial charge in [0.25, 0.3) is 0 Å². The Hall–Kier alpha value is -2.01. The molecule has 1 aliphatic carbocycles.